The summed E-state index contributed by atoms with van der Waals surface area (Å²) in [4.78, 5) is 57.4. The molecule has 11 rings (SSSR count). The molecule has 0 spiro atoms. The Morgan fingerprint density at radius 3 is 1.40 bits per heavy atom. The summed E-state index contributed by atoms with van der Waals surface area (Å²) in [6, 6.07) is 0. The summed E-state index contributed by atoms with van der Waals surface area (Å²) in [6.07, 6.45) is 23.9. The Balaban J connectivity index is 0.000000184. The molecule has 5 saturated carbocycles. The molecule has 16 unspecified atom stereocenters. The van der Waals surface area contributed by atoms with Crippen molar-refractivity contribution in [2.45, 2.75) is 301 Å². The molecular formula is C69H120O16. The van der Waals surface area contributed by atoms with E-state index < -0.39 is 0 Å². The molecule has 0 amide bonds. The van der Waals surface area contributed by atoms with E-state index in [4.69, 9.17) is 47.4 Å². The number of rotatable bonds is 20. The number of hydrogen-bond acceptors (Lipinski definition) is 16. The largest absolute Gasteiger partial charge is 0.469 e. The van der Waals surface area contributed by atoms with Gasteiger partial charge in [0, 0.05) is 5.41 Å². The Kier molecular flexibility index (Phi) is 26.4. The van der Waals surface area contributed by atoms with E-state index in [0.29, 0.717) is 75.6 Å². The molecule has 0 N–H and O–H groups in total. The minimum atomic E-state index is -0.370. The highest BCUT2D eigenvalue weighted by Crippen LogP contribution is 2.64. The minimum Gasteiger partial charge on any atom is -0.469 e. The number of methoxy groups -OCH3 is 1. The van der Waals surface area contributed by atoms with E-state index >= 15 is 0 Å². The quantitative estimate of drug-likeness (QED) is 0.0631. The fourth-order valence-corrected chi connectivity index (χ4v) is 11.6. The molecule has 6 heterocycles. The van der Waals surface area contributed by atoms with Crippen LogP contribution < -0.4 is 0 Å². The van der Waals surface area contributed by atoms with Gasteiger partial charge in [-0.3, -0.25) is 24.0 Å². The van der Waals surface area contributed by atoms with E-state index in [1.807, 2.05) is 111 Å². The zero-order valence-corrected chi connectivity index (χ0v) is 56.9. The van der Waals surface area contributed by atoms with Gasteiger partial charge in [-0.15, -0.1) is 0 Å². The van der Waals surface area contributed by atoms with Crippen molar-refractivity contribution in [3.8, 4) is 0 Å². The first-order valence-corrected chi connectivity index (χ1v) is 33.3. The van der Waals surface area contributed by atoms with E-state index in [0.717, 1.165) is 113 Å². The van der Waals surface area contributed by atoms with Gasteiger partial charge in [0.25, 0.3) is 0 Å². The third kappa shape index (κ3) is 22.2. The summed E-state index contributed by atoms with van der Waals surface area (Å²) in [7, 11) is 1.42. The van der Waals surface area contributed by atoms with Crippen molar-refractivity contribution in [3.63, 3.8) is 0 Å². The number of epoxide rings is 6. The van der Waals surface area contributed by atoms with Gasteiger partial charge in [0.05, 0.1) is 109 Å². The fraction of sp³-hybridized carbons (Fsp3) is 0.928. The van der Waals surface area contributed by atoms with Crippen LogP contribution in [0, 0.1) is 62.1 Å². The first-order chi connectivity index (χ1) is 39.7. The first kappa shape index (κ1) is 72.9. The molecule has 16 atom stereocenters. The maximum Gasteiger partial charge on any atom is 0.311 e. The molecule has 0 aromatic rings. The molecule has 6 aliphatic heterocycles. The van der Waals surface area contributed by atoms with Crippen molar-refractivity contribution in [2.75, 3.05) is 46.8 Å². The molecule has 0 radical (unpaired) electrons. The Morgan fingerprint density at radius 1 is 0.494 bits per heavy atom. The number of esters is 5. The number of fused-ring (bicyclic) bond motifs is 9. The normalized spacial score (nSPS) is 34.1. The second-order valence-corrected chi connectivity index (χ2v) is 30.4. The van der Waals surface area contributed by atoms with Crippen molar-refractivity contribution < 1.29 is 76.1 Å². The lowest BCUT2D eigenvalue weighted by atomic mass is 9.76. The maximum absolute atomic E-state index is 11.9. The lowest BCUT2D eigenvalue weighted by Crippen LogP contribution is -2.34. The van der Waals surface area contributed by atoms with Crippen LogP contribution in [0.3, 0.4) is 0 Å². The average Bonchev–Trinajstić information content (AvgIpc) is 1.82. The summed E-state index contributed by atoms with van der Waals surface area (Å²) in [5.74, 6) is 4.34. The van der Waals surface area contributed by atoms with Gasteiger partial charge in [0.1, 0.15) is 24.9 Å². The summed E-state index contributed by atoms with van der Waals surface area (Å²) >= 11 is 0. The fourth-order valence-electron chi connectivity index (χ4n) is 11.6. The van der Waals surface area contributed by atoms with Gasteiger partial charge >= 0.3 is 29.8 Å². The van der Waals surface area contributed by atoms with E-state index in [1.165, 1.54) is 32.8 Å². The third-order valence-corrected chi connectivity index (χ3v) is 21.0. The van der Waals surface area contributed by atoms with Gasteiger partial charge in [-0.1, -0.05) is 55.4 Å². The topological polar surface area (TPSA) is 207 Å². The van der Waals surface area contributed by atoms with Crippen molar-refractivity contribution in [2.24, 2.45) is 62.1 Å². The molecular weight excluding hydrogens is 1080 g/mol. The lowest BCUT2D eigenvalue weighted by molar-refractivity contribution is -0.158. The molecule has 0 aromatic carbocycles. The predicted molar refractivity (Wildman–Crippen MR) is 327 cm³/mol. The van der Waals surface area contributed by atoms with Crippen molar-refractivity contribution in [3.05, 3.63) is 0 Å². The molecule has 492 valence electrons. The van der Waals surface area contributed by atoms with Gasteiger partial charge < -0.3 is 52.1 Å². The highest BCUT2D eigenvalue weighted by Gasteiger charge is 2.64. The van der Waals surface area contributed by atoms with E-state index in [1.54, 1.807) is 12.8 Å². The van der Waals surface area contributed by atoms with E-state index in [-0.39, 0.29) is 74.0 Å². The minimum absolute atomic E-state index is 0.0613. The van der Waals surface area contributed by atoms with Crippen molar-refractivity contribution in [1.29, 1.82) is 0 Å². The van der Waals surface area contributed by atoms with Crippen LogP contribution >= 0.6 is 0 Å². The molecule has 11 fully saturated rings. The zero-order chi connectivity index (χ0) is 63.5. The monoisotopic (exact) mass is 1200 g/mol. The van der Waals surface area contributed by atoms with Crippen LogP contribution in [-0.2, 0) is 76.1 Å². The molecule has 11 aliphatic rings. The molecule has 6 saturated heterocycles. The predicted octanol–water partition coefficient (Wildman–Crippen LogP) is 13.6. The molecule has 2 bridgehead atoms. The highest BCUT2D eigenvalue weighted by atomic mass is 16.6. The molecule has 5 aliphatic carbocycles. The lowest BCUT2D eigenvalue weighted by Gasteiger charge is -2.32. The third-order valence-electron chi connectivity index (χ3n) is 21.0. The first-order valence-electron chi connectivity index (χ1n) is 33.3. The molecule has 16 nitrogen and oxygen atoms in total. The van der Waals surface area contributed by atoms with Crippen LogP contribution in [0.2, 0.25) is 0 Å². The van der Waals surface area contributed by atoms with Crippen LogP contribution in [0.25, 0.3) is 0 Å². The van der Waals surface area contributed by atoms with E-state index in [2.05, 4.69) is 25.5 Å². The van der Waals surface area contributed by atoms with Gasteiger partial charge in [0.2, 0.25) is 0 Å². The van der Waals surface area contributed by atoms with Crippen LogP contribution in [-0.4, -0.2) is 137 Å². The Labute approximate surface area is 514 Å². The molecule has 16 heteroatoms. The van der Waals surface area contributed by atoms with Gasteiger partial charge in [-0.25, -0.2) is 0 Å². The van der Waals surface area contributed by atoms with Gasteiger partial charge in [0.15, 0.2) is 0 Å². The Morgan fingerprint density at radius 2 is 0.965 bits per heavy atom. The van der Waals surface area contributed by atoms with Crippen LogP contribution in [0.15, 0.2) is 0 Å². The number of carbonyl (C=O) groups excluding carboxylic acids is 5. The molecule has 85 heavy (non-hydrogen) atoms. The summed E-state index contributed by atoms with van der Waals surface area (Å²) in [5, 5.41) is 0. The van der Waals surface area contributed by atoms with Gasteiger partial charge in [-0.2, -0.15) is 0 Å². The zero-order valence-electron chi connectivity index (χ0n) is 56.9. The van der Waals surface area contributed by atoms with Crippen LogP contribution in [0.5, 0.6) is 0 Å². The van der Waals surface area contributed by atoms with E-state index in [9.17, 15) is 24.0 Å². The highest BCUT2D eigenvalue weighted by molar-refractivity contribution is 5.77. The number of hydrogen-bond donors (Lipinski definition) is 0. The summed E-state index contributed by atoms with van der Waals surface area (Å²) < 4.78 is 57.6. The molecule has 0 aromatic heterocycles. The Bertz CT molecular complexity index is 2140. The summed E-state index contributed by atoms with van der Waals surface area (Å²) in [5.41, 5.74) is -1.80. The number of ether oxygens (including phenoxy) is 11. The summed E-state index contributed by atoms with van der Waals surface area (Å²) in [6.45, 7) is 40.9. The van der Waals surface area contributed by atoms with Crippen molar-refractivity contribution >= 4 is 29.8 Å². The van der Waals surface area contributed by atoms with Crippen LogP contribution in [0.4, 0.5) is 0 Å². The Hall–Kier alpha value is -2.89. The second-order valence-electron chi connectivity index (χ2n) is 30.4. The standard InChI is InChI=1S/C14H24O3.C13H22O3.C10H18O3.C10H14O.C9H16O3.C7H14O2.C6H12O/c1-5-13(2,3)12(15)16-9-14(4)7-6-10-11(8-14)17-10;1-4-13(2,3)12(14)15-8-9-5-6-10-11(7-9)16-10;1-5-9(2,3)8(11)12-6-10(4)7-13-10;1-2-6-3-5(1)7-4-8-10(11-8)9(6)7;1-4-9(2,3)8(10)12-6-7-5-11-7;1-5-7(2,3)6(8)9-4;1-3-5-6(4-2)7-5/h10-11H,5-9H2,1-4H3;9-11H,4-8H2,1-3H3;5-7H2,1-4H3;5-10H,1-4H2;7H,4-6H2,1-3H3;5H2,1-4H3;5-6H,3-4H2,1-2H3. The average molecular weight is 1210 g/mol. The van der Waals surface area contributed by atoms with Gasteiger partial charge in [-0.05, 0) is 215 Å². The van der Waals surface area contributed by atoms with Crippen molar-refractivity contribution in [1.82, 2.24) is 0 Å². The smallest absolute Gasteiger partial charge is 0.311 e. The maximum atomic E-state index is 11.9. The SMILES string of the molecule is C1CC2CC1C1CC3OC3C21.CCC(C)(C)C(=O)OC.CCC(C)(C)C(=O)OCC1(C)CCC2OC2C1.CCC(C)(C)C(=O)OCC1(C)CO1.CCC(C)(C)C(=O)OCC1CCC2OC2C1.CCC(C)(C)C(=O)OCC1CO1.CCC1OC1CC. The second kappa shape index (κ2) is 30.7. The van der Waals surface area contributed by atoms with Crippen LogP contribution in [0.1, 0.15) is 241 Å². The number of carbonyl (C=O) groups is 5.